The van der Waals surface area contributed by atoms with Crippen molar-refractivity contribution in [2.45, 2.75) is 6.42 Å². The van der Waals surface area contributed by atoms with Gasteiger partial charge >= 0.3 is 0 Å². The highest BCUT2D eigenvalue weighted by molar-refractivity contribution is 7.16. The van der Waals surface area contributed by atoms with Crippen LogP contribution in [-0.4, -0.2) is 13.0 Å². The summed E-state index contributed by atoms with van der Waals surface area (Å²) in [7, 11) is 1.65. The first kappa shape index (κ1) is 9.51. The quantitative estimate of drug-likeness (QED) is 0.727. The molecule has 1 aromatic rings. The maximum atomic E-state index is 11.0. The van der Waals surface area contributed by atoms with Gasteiger partial charge in [-0.3, -0.25) is 10.2 Å². The Balaban J connectivity index is 2.46. The minimum atomic E-state index is -0.0592. The van der Waals surface area contributed by atoms with E-state index in [4.69, 9.17) is 11.6 Å². The zero-order chi connectivity index (χ0) is 8.97. The van der Waals surface area contributed by atoms with Crippen LogP contribution in [0.4, 0.5) is 0 Å². The lowest BCUT2D eigenvalue weighted by Gasteiger charge is -1.99. The predicted molar refractivity (Wildman–Crippen MR) is 50.2 cm³/mol. The third-order valence-corrected chi connectivity index (χ3v) is 2.46. The number of thiophene rings is 1. The van der Waals surface area contributed by atoms with Gasteiger partial charge in [-0.25, -0.2) is 5.43 Å². The molecule has 0 saturated carbocycles. The fourth-order valence-electron chi connectivity index (χ4n) is 0.789. The molecule has 1 heterocycles. The largest absolute Gasteiger partial charge is 0.292 e. The molecule has 0 aliphatic rings. The molecule has 0 saturated heterocycles. The summed E-state index contributed by atoms with van der Waals surface area (Å²) in [5.41, 5.74) is 5.04. The lowest BCUT2D eigenvalue weighted by molar-refractivity contribution is -0.121. The van der Waals surface area contributed by atoms with Crippen LogP contribution in [0.3, 0.4) is 0 Å². The number of carbonyl (C=O) groups is 1. The van der Waals surface area contributed by atoms with Crippen molar-refractivity contribution >= 4 is 28.8 Å². The van der Waals surface area contributed by atoms with E-state index in [-0.39, 0.29) is 5.91 Å². The van der Waals surface area contributed by atoms with Gasteiger partial charge in [-0.05, 0) is 12.1 Å². The lowest BCUT2D eigenvalue weighted by Crippen LogP contribution is -2.35. The molecule has 66 valence electrons. The van der Waals surface area contributed by atoms with Gasteiger partial charge in [0.25, 0.3) is 0 Å². The summed E-state index contributed by atoms with van der Waals surface area (Å²) < 4.78 is 0.710. The van der Waals surface area contributed by atoms with E-state index in [1.807, 2.05) is 6.07 Å². The summed E-state index contributed by atoms with van der Waals surface area (Å²) in [5.74, 6) is -0.0592. The van der Waals surface area contributed by atoms with Crippen LogP contribution in [-0.2, 0) is 11.2 Å². The van der Waals surface area contributed by atoms with Gasteiger partial charge in [0.15, 0.2) is 0 Å². The summed E-state index contributed by atoms with van der Waals surface area (Å²) >= 11 is 7.11. The Morgan fingerprint density at radius 1 is 1.67 bits per heavy atom. The number of nitrogens with one attached hydrogen (secondary N) is 2. The number of carbonyl (C=O) groups excluding carboxylic acids is 1. The Kier molecular flexibility index (Phi) is 3.52. The lowest BCUT2D eigenvalue weighted by atomic mass is 10.3. The molecule has 1 amide bonds. The van der Waals surface area contributed by atoms with Gasteiger partial charge in [-0.2, -0.15) is 0 Å². The van der Waals surface area contributed by atoms with E-state index in [2.05, 4.69) is 10.9 Å². The van der Waals surface area contributed by atoms with Gasteiger partial charge in [-0.15, -0.1) is 11.3 Å². The Hall–Kier alpha value is -0.580. The van der Waals surface area contributed by atoms with E-state index in [9.17, 15) is 4.79 Å². The zero-order valence-corrected chi connectivity index (χ0v) is 8.13. The molecule has 1 aromatic heterocycles. The van der Waals surface area contributed by atoms with Gasteiger partial charge in [-0.1, -0.05) is 11.6 Å². The van der Waals surface area contributed by atoms with Crippen LogP contribution in [0.1, 0.15) is 4.88 Å². The van der Waals surface area contributed by atoms with Gasteiger partial charge in [0.2, 0.25) is 5.91 Å². The first-order valence-electron chi connectivity index (χ1n) is 3.42. The van der Waals surface area contributed by atoms with Crippen molar-refractivity contribution in [3.8, 4) is 0 Å². The Bertz CT molecular complexity index is 274. The van der Waals surface area contributed by atoms with Crippen molar-refractivity contribution in [1.29, 1.82) is 0 Å². The predicted octanol–water partition coefficient (Wildman–Crippen LogP) is 1.19. The van der Waals surface area contributed by atoms with Crippen molar-refractivity contribution in [1.82, 2.24) is 10.9 Å². The topological polar surface area (TPSA) is 41.1 Å². The maximum absolute atomic E-state index is 11.0. The Morgan fingerprint density at radius 2 is 2.42 bits per heavy atom. The fourth-order valence-corrected chi connectivity index (χ4v) is 1.87. The number of hydrogen-bond donors (Lipinski definition) is 2. The molecule has 5 heteroatoms. The van der Waals surface area contributed by atoms with Crippen LogP contribution in [0.25, 0.3) is 0 Å². The van der Waals surface area contributed by atoms with E-state index in [1.165, 1.54) is 11.3 Å². The average Bonchev–Trinajstić information content (AvgIpc) is 2.36. The highest BCUT2D eigenvalue weighted by Crippen LogP contribution is 2.21. The van der Waals surface area contributed by atoms with E-state index in [0.29, 0.717) is 10.8 Å². The van der Waals surface area contributed by atoms with Crippen molar-refractivity contribution in [3.05, 3.63) is 21.3 Å². The maximum Gasteiger partial charge on any atom is 0.239 e. The summed E-state index contributed by atoms with van der Waals surface area (Å²) in [6, 6.07) is 3.64. The molecule has 0 radical (unpaired) electrons. The number of hydrazine groups is 1. The number of amides is 1. The molecule has 2 N–H and O–H groups in total. The number of hydrogen-bond acceptors (Lipinski definition) is 3. The number of halogens is 1. The molecule has 1 rings (SSSR count). The normalized spacial score (nSPS) is 9.83. The minimum Gasteiger partial charge on any atom is -0.292 e. The van der Waals surface area contributed by atoms with E-state index >= 15 is 0 Å². The van der Waals surface area contributed by atoms with Crippen molar-refractivity contribution in [2.24, 2.45) is 0 Å². The van der Waals surface area contributed by atoms with Gasteiger partial charge in [0, 0.05) is 11.9 Å². The van der Waals surface area contributed by atoms with Crippen LogP contribution in [0.2, 0.25) is 4.34 Å². The summed E-state index contributed by atoms with van der Waals surface area (Å²) in [5, 5.41) is 0. The van der Waals surface area contributed by atoms with E-state index < -0.39 is 0 Å². The summed E-state index contributed by atoms with van der Waals surface area (Å²) in [6.07, 6.45) is 0.373. The first-order valence-corrected chi connectivity index (χ1v) is 4.61. The van der Waals surface area contributed by atoms with Gasteiger partial charge in [0.05, 0.1) is 10.8 Å². The van der Waals surface area contributed by atoms with E-state index in [0.717, 1.165) is 4.88 Å². The summed E-state index contributed by atoms with van der Waals surface area (Å²) in [4.78, 5) is 12.0. The van der Waals surface area contributed by atoms with Crippen molar-refractivity contribution < 1.29 is 4.79 Å². The standard InChI is InChI=1S/C7H9ClN2OS/c1-9-10-7(11)4-5-2-3-6(8)12-5/h2-3,9H,4H2,1H3,(H,10,11). The first-order chi connectivity index (χ1) is 5.72. The van der Waals surface area contributed by atoms with Crippen LogP contribution in [0.5, 0.6) is 0 Å². The SMILES string of the molecule is CNNC(=O)Cc1ccc(Cl)s1. The van der Waals surface area contributed by atoms with Crippen LogP contribution in [0, 0.1) is 0 Å². The van der Waals surface area contributed by atoms with Crippen molar-refractivity contribution in [2.75, 3.05) is 7.05 Å². The molecule has 0 aliphatic heterocycles. The van der Waals surface area contributed by atoms with Crippen molar-refractivity contribution in [3.63, 3.8) is 0 Å². The smallest absolute Gasteiger partial charge is 0.239 e. The molecule has 0 atom stereocenters. The molecular weight excluding hydrogens is 196 g/mol. The third kappa shape index (κ3) is 2.81. The second-order valence-corrected chi connectivity index (χ2v) is 3.98. The van der Waals surface area contributed by atoms with Gasteiger partial charge < -0.3 is 0 Å². The molecule has 3 nitrogen and oxygen atoms in total. The van der Waals surface area contributed by atoms with E-state index in [1.54, 1.807) is 13.1 Å². The van der Waals surface area contributed by atoms with Gasteiger partial charge in [0.1, 0.15) is 0 Å². The fraction of sp³-hybridized carbons (Fsp3) is 0.286. The third-order valence-electron chi connectivity index (χ3n) is 1.23. The monoisotopic (exact) mass is 204 g/mol. The molecule has 0 unspecified atom stereocenters. The van der Waals surface area contributed by atoms with Crippen LogP contribution in [0.15, 0.2) is 12.1 Å². The molecule has 12 heavy (non-hydrogen) atoms. The molecule has 0 aromatic carbocycles. The Labute approximate surface area is 79.7 Å². The molecule has 0 fully saturated rings. The highest BCUT2D eigenvalue weighted by atomic mass is 35.5. The molecule has 0 spiro atoms. The van der Waals surface area contributed by atoms with Crippen LogP contribution < -0.4 is 10.9 Å². The summed E-state index contributed by atoms with van der Waals surface area (Å²) in [6.45, 7) is 0. The van der Waals surface area contributed by atoms with Crippen LogP contribution >= 0.6 is 22.9 Å². The average molecular weight is 205 g/mol. The Morgan fingerprint density at radius 3 is 2.92 bits per heavy atom. The number of rotatable bonds is 3. The minimum absolute atomic E-state index is 0.0592. The second kappa shape index (κ2) is 4.45. The zero-order valence-electron chi connectivity index (χ0n) is 6.56. The molecular formula is C7H9ClN2OS. The second-order valence-electron chi connectivity index (χ2n) is 2.18. The highest BCUT2D eigenvalue weighted by Gasteiger charge is 2.03. The molecule has 0 aliphatic carbocycles. The molecule has 0 bridgehead atoms.